The summed E-state index contributed by atoms with van der Waals surface area (Å²) in [6.45, 7) is 5.41. The van der Waals surface area contributed by atoms with E-state index in [1.807, 2.05) is 0 Å². The molecule has 4 rings (SSSR count). The van der Waals surface area contributed by atoms with Gasteiger partial charge in [-0.05, 0) is 36.3 Å². The maximum absolute atomic E-state index is 12.4. The molecule has 0 bridgehead atoms. The van der Waals surface area contributed by atoms with Crippen molar-refractivity contribution in [2.45, 2.75) is 31.7 Å². The Bertz CT molecular complexity index is 535. The van der Waals surface area contributed by atoms with Crippen LogP contribution in [0.5, 0.6) is 0 Å². The molecule has 0 aromatic heterocycles. The van der Waals surface area contributed by atoms with Gasteiger partial charge in [0.1, 0.15) is 0 Å². The Morgan fingerprint density at radius 2 is 1.78 bits per heavy atom. The molecule has 2 saturated heterocycles. The average molecular weight is 314 g/mol. The average Bonchev–Trinajstić information content (AvgIpc) is 3.24. The number of hydrogen-bond acceptors (Lipinski definition) is 3. The van der Waals surface area contributed by atoms with Crippen molar-refractivity contribution >= 4 is 5.91 Å². The Labute approximate surface area is 138 Å². The Morgan fingerprint density at radius 1 is 1.09 bits per heavy atom. The lowest BCUT2D eigenvalue weighted by Gasteiger charge is -2.38. The monoisotopic (exact) mass is 314 g/mol. The molecule has 0 radical (unpaired) electrons. The molecule has 2 heterocycles. The second kappa shape index (κ2) is 6.62. The molecule has 4 nitrogen and oxygen atoms in total. The van der Waals surface area contributed by atoms with Gasteiger partial charge in [-0.3, -0.25) is 9.69 Å². The van der Waals surface area contributed by atoms with E-state index in [1.165, 1.54) is 24.0 Å². The quantitative estimate of drug-likeness (QED) is 0.852. The van der Waals surface area contributed by atoms with Crippen LogP contribution in [0.4, 0.5) is 0 Å². The number of piperazine rings is 1. The van der Waals surface area contributed by atoms with E-state index in [0.29, 0.717) is 24.3 Å². The summed E-state index contributed by atoms with van der Waals surface area (Å²) in [6, 6.07) is 9.44. The van der Waals surface area contributed by atoms with Gasteiger partial charge >= 0.3 is 0 Å². The SMILES string of the molecule is O=C(C[C@@H]1CCOC1)N1CCN(C2Cc3ccccc3C2)CC1. The largest absolute Gasteiger partial charge is 0.381 e. The van der Waals surface area contributed by atoms with E-state index < -0.39 is 0 Å². The maximum Gasteiger partial charge on any atom is 0.223 e. The van der Waals surface area contributed by atoms with Gasteiger partial charge in [0.15, 0.2) is 0 Å². The van der Waals surface area contributed by atoms with Crippen molar-refractivity contribution in [3.8, 4) is 0 Å². The fourth-order valence-electron chi connectivity index (χ4n) is 4.25. The normalized spacial score (nSPS) is 25.7. The summed E-state index contributed by atoms with van der Waals surface area (Å²) in [7, 11) is 0. The predicted molar refractivity (Wildman–Crippen MR) is 89.3 cm³/mol. The second-order valence-electron chi connectivity index (χ2n) is 7.18. The molecular weight excluding hydrogens is 288 g/mol. The minimum Gasteiger partial charge on any atom is -0.381 e. The number of amides is 1. The zero-order valence-corrected chi connectivity index (χ0v) is 13.7. The molecule has 0 N–H and O–H groups in total. The van der Waals surface area contributed by atoms with E-state index in [1.54, 1.807) is 0 Å². The van der Waals surface area contributed by atoms with Crippen LogP contribution >= 0.6 is 0 Å². The van der Waals surface area contributed by atoms with Gasteiger partial charge in [0, 0.05) is 51.9 Å². The third kappa shape index (κ3) is 3.29. The lowest BCUT2D eigenvalue weighted by molar-refractivity contribution is -0.134. The number of carbonyl (C=O) groups is 1. The summed E-state index contributed by atoms with van der Waals surface area (Å²) >= 11 is 0. The van der Waals surface area contributed by atoms with E-state index in [4.69, 9.17) is 4.74 Å². The molecule has 2 fully saturated rings. The molecule has 124 valence electrons. The molecule has 1 aliphatic carbocycles. The number of hydrogen-bond donors (Lipinski definition) is 0. The van der Waals surface area contributed by atoms with Crippen molar-refractivity contribution in [2.24, 2.45) is 5.92 Å². The molecule has 1 amide bonds. The van der Waals surface area contributed by atoms with Gasteiger partial charge in [-0.15, -0.1) is 0 Å². The minimum absolute atomic E-state index is 0.329. The summed E-state index contributed by atoms with van der Waals surface area (Å²) in [5, 5.41) is 0. The molecule has 0 spiro atoms. The van der Waals surface area contributed by atoms with Crippen LogP contribution in [-0.2, 0) is 22.4 Å². The molecule has 23 heavy (non-hydrogen) atoms. The highest BCUT2D eigenvalue weighted by atomic mass is 16.5. The maximum atomic E-state index is 12.4. The van der Waals surface area contributed by atoms with Crippen LogP contribution in [-0.4, -0.2) is 61.1 Å². The van der Waals surface area contributed by atoms with Gasteiger partial charge in [-0.1, -0.05) is 24.3 Å². The highest BCUT2D eigenvalue weighted by Crippen LogP contribution is 2.26. The smallest absolute Gasteiger partial charge is 0.223 e. The molecule has 3 aliphatic rings. The van der Waals surface area contributed by atoms with E-state index >= 15 is 0 Å². The minimum atomic E-state index is 0.329. The van der Waals surface area contributed by atoms with Gasteiger partial charge in [0.25, 0.3) is 0 Å². The zero-order valence-electron chi connectivity index (χ0n) is 13.7. The molecule has 1 atom stereocenters. The van der Waals surface area contributed by atoms with Crippen LogP contribution in [0.2, 0.25) is 0 Å². The van der Waals surface area contributed by atoms with Crippen LogP contribution in [0.15, 0.2) is 24.3 Å². The van der Waals surface area contributed by atoms with Gasteiger partial charge in [-0.2, -0.15) is 0 Å². The van der Waals surface area contributed by atoms with Gasteiger partial charge < -0.3 is 9.64 Å². The number of rotatable bonds is 3. The first kappa shape index (κ1) is 15.2. The van der Waals surface area contributed by atoms with Crippen LogP contribution in [0.25, 0.3) is 0 Å². The predicted octanol–water partition coefficient (Wildman–Crippen LogP) is 1.72. The Kier molecular flexibility index (Phi) is 4.36. The topological polar surface area (TPSA) is 32.8 Å². The third-order valence-corrected chi connectivity index (χ3v) is 5.70. The highest BCUT2D eigenvalue weighted by Gasteiger charge is 2.31. The molecule has 0 unspecified atom stereocenters. The molecule has 4 heteroatoms. The fourth-order valence-corrected chi connectivity index (χ4v) is 4.25. The summed E-state index contributed by atoms with van der Waals surface area (Å²) in [5.74, 6) is 0.778. The summed E-state index contributed by atoms with van der Waals surface area (Å²) in [6.07, 6.45) is 4.06. The Balaban J connectivity index is 1.27. The van der Waals surface area contributed by atoms with Crippen molar-refractivity contribution < 1.29 is 9.53 Å². The molecule has 0 saturated carbocycles. The Hall–Kier alpha value is -1.39. The van der Waals surface area contributed by atoms with Crippen molar-refractivity contribution in [3.63, 3.8) is 0 Å². The number of fused-ring (bicyclic) bond motifs is 1. The fraction of sp³-hybridized carbons (Fsp3) is 0.632. The molecule has 2 aliphatic heterocycles. The van der Waals surface area contributed by atoms with Crippen LogP contribution < -0.4 is 0 Å². The van der Waals surface area contributed by atoms with E-state index in [-0.39, 0.29) is 0 Å². The first-order chi connectivity index (χ1) is 11.3. The molecule has 1 aromatic rings. The van der Waals surface area contributed by atoms with Crippen LogP contribution in [0.1, 0.15) is 24.0 Å². The third-order valence-electron chi connectivity index (χ3n) is 5.70. The number of nitrogens with zero attached hydrogens (tertiary/aromatic N) is 2. The first-order valence-corrected chi connectivity index (χ1v) is 8.96. The lowest BCUT2D eigenvalue weighted by Crippen LogP contribution is -2.52. The second-order valence-corrected chi connectivity index (χ2v) is 7.18. The van der Waals surface area contributed by atoms with E-state index in [9.17, 15) is 4.79 Å². The summed E-state index contributed by atoms with van der Waals surface area (Å²) < 4.78 is 5.38. The van der Waals surface area contributed by atoms with Crippen molar-refractivity contribution in [3.05, 3.63) is 35.4 Å². The van der Waals surface area contributed by atoms with Crippen molar-refractivity contribution in [2.75, 3.05) is 39.4 Å². The summed E-state index contributed by atoms with van der Waals surface area (Å²) in [5.41, 5.74) is 3.02. The molecule has 1 aromatic carbocycles. The molecular formula is C19H26N2O2. The van der Waals surface area contributed by atoms with Gasteiger partial charge in [-0.25, -0.2) is 0 Å². The van der Waals surface area contributed by atoms with Crippen LogP contribution in [0.3, 0.4) is 0 Å². The zero-order chi connectivity index (χ0) is 15.6. The van der Waals surface area contributed by atoms with E-state index in [2.05, 4.69) is 34.1 Å². The Morgan fingerprint density at radius 3 is 2.39 bits per heavy atom. The lowest BCUT2D eigenvalue weighted by atomic mass is 10.0. The van der Waals surface area contributed by atoms with Gasteiger partial charge in [0.05, 0.1) is 0 Å². The number of benzene rings is 1. The number of carbonyl (C=O) groups excluding carboxylic acids is 1. The van der Waals surface area contributed by atoms with Crippen molar-refractivity contribution in [1.82, 2.24) is 9.80 Å². The standard InChI is InChI=1S/C19H26N2O2/c22-19(11-15-5-10-23-14-15)21-8-6-20(7-9-21)18-12-16-3-1-2-4-17(16)13-18/h1-4,15,18H,5-14H2/t15-/m0/s1. The van der Waals surface area contributed by atoms with E-state index in [0.717, 1.165) is 45.8 Å². The van der Waals surface area contributed by atoms with Crippen LogP contribution in [0, 0.1) is 5.92 Å². The number of ether oxygens (including phenoxy) is 1. The first-order valence-electron chi connectivity index (χ1n) is 8.96. The summed E-state index contributed by atoms with van der Waals surface area (Å²) in [4.78, 5) is 17.1. The highest BCUT2D eigenvalue weighted by molar-refractivity contribution is 5.76. The van der Waals surface area contributed by atoms with Gasteiger partial charge in [0.2, 0.25) is 5.91 Å². The van der Waals surface area contributed by atoms with Crippen molar-refractivity contribution in [1.29, 1.82) is 0 Å².